The van der Waals surface area contributed by atoms with Gasteiger partial charge in [-0.15, -0.1) is 11.3 Å². The molecule has 22 heavy (non-hydrogen) atoms. The van der Waals surface area contributed by atoms with Gasteiger partial charge in [0.05, 0.1) is 25.6 Å². The molecule has 0 atom stereocenters. The first-order valence-electron chi connectivity index (χ1n) is 6.51. The Bertz CT molecular complexity index is 809. The first kappa shape index (κ1) is 14.4. The van der Waals surface area contributed by atoms with Gasteiger partial charge in [0.15, 0.2) is 11.5 Å². The highest BCUT2D eigenvalue weighted by Crippen LogP contribution is 2.42. The van der Waals surface area contributed by atoms with E-state index in [0.29, 0.717) is 22.9 Å². The average Bonchev–Trinajstić information content (AvgIpc) is 3.00. The molecule has 0 saturated carbocycles. The smallest absolute Gasteiger partial charge is 0.268 e. The topological polar surface area (TPSA) is 81.9 Å². The van der Waals surface area contributed by atoms with Crippen molar-refractivity contribution in [2.24, 2.45) is 5.73 Å². The predicted octanol–water partition coefficient (Wildman–Crippen LogP) is 1.87. The number of hydrogen-bond donors (Lipinski definition) is 1. The minimum atomic E-state index is -0.584. The lowest BCUT2D eigenvalue weighted by Crippen LogP contribution is -2.18. The third-order valence-corrected chi connectivity index (χ3v) is 4.68. The van der Waals surface area contributed by atoms with Crippen LogP contribution in [0.3, 0.4) is 0 Å². The Hall–Kier alpha value is -2.54. The highest BCUT2D eigenvalue weighted by molar-refractivity contribution is 7.21. The summed E-state index contributed by atoms with van der Waals surface area (Å²) in [5.74, 6) is 0.535. The van der Waals surface area contributed by atoms with Crippen molar-refractivity contribution in [3.8, 4) is 11.5 Å². The lowest BCUT2D eigenvalue weighted by molar-refractivity contribution is -0.113. The molecule has 2 N–H and O–H groups in total. The Morgan fingerprint density at radius 3 is 2.64 bits per heavy atom. The molecule has 6 nitrogen and oxygen atoms in total. The molecular formula is C15H14N2O4S. The summed E-state index contributed by atoms with van der Waals surface area (Å²) in [4.78, 5) is 25.3. The van der Waals surface area contributed by atoms with Crippen molar-refractivity contribution in [3.05, 3.63) is 34.8 Å². The van der Waals surface area contributed by atoms with Gasteiger partial charge in [-0.1, -0.05) is 0 Å². The van der Waals surface area contributed by atoms with E-state index in [4.69, 9.17) is 15.2 Å². The van der Waals surface area contributed by atoms with E-state index in [9.17, 15) is 9.59 Å². The van der Waals surface area contributed by atoms with Gasteiger partial charge in [0.2, 0.25) is 5.91 Å². The molecule has 1 aliphatic rings. The van der Waals surface area contributed by atoms with Crippen molar-refractivity contribution in [3.63, 3.8) is 0 Å². The maximum absolute atomic E-state index is 12.4. The van der Waals surface area contributed by atoms with Crippen molar-refractivity contribution in [2.75, 3.05) is 14.2 Å². The van der Waals surface area contributed by atoms with Crippen LogP contribution in [0.15, 0.2) is 24.4 Å². The summed E-state index contributed by atoms with van der Waals surface area (Å²) < 4.78 is 11.6. The van der Waals surface area contributed by atoms with E-state index < -0.39 is 5.91 Å². The van der Waals surface area contributed by atoms with E-state index in [1.807, 2.05) is 12.1 Å². The van der Waals surface area contributed by atoms with Gasteiger partial charge in [-0.25, -0.2) is 0 Å². The summed E-state index contributed by atoms with van der Waals surface area (Å²) >= 11 is 1.40. The van der Waals surface area contributed by atoms with Crippen LogP contribution in [-0.2, 0) is 11.3 Å². The summed E-state index contributed by atoms with van der Waals surface area (Å²) in [5, 5.41) is 0.959. The van der Waals surface area contributed by atoms with Crippen LogP contribution in [0.1, 0.15) is 15.2 Å². The van der Waals surface area contributed by atoms with E-state index in [2.05, 4.69) is 0 Å². The predicted molar refractivity (Wildman–Crippen MR) is 83.1 cm³/mol. The number of carbonyl (C=O) groups is 2. The molecule has 2 amide bonds. The summed E-state index contributed by atoms with van der Waals surface area (Å²) in [6, 6.07) is 3.74. The Kier molecular flexibility index (Phi) is 3.50. The third-order valence-electron chi connectivity index (χ3n) is 3.50. The minimum absolute atomic E-state index is 0.133. The summed E-state index contributed by atoms with van der Waals surface area (Å²) in [6.07, 6.45) is 2.60. The lowest BCUT2D eigenvalue weighted by Gasteiger charge is -2.10. The molecule has 1 aromatic heterocycles. The Balaban J connectivity index is 2.06. The van der Waals surface area contributed by atoms with E-state index in [0.717, 1.165) is 15.6 Å². The SMILES string of the molecule is COc1cc2sc3c(c2cc1OC)CN(C=CC(N)=O)C3=O. The highest BCUT2D eigenvalue weighted by Gasteiger charge is 2.31. The number of amides is 2. The molecule has 0 bridgehead atoms. The van der Waals surface area contributed by atoms with Crippen LogP contribution in [0.4, 0.5) is 0 Å². The monoisotopic (exact) mass is 318 g/mol. The number of benzene rings is 1. The number of fused-ring (bicyclic) bond motifs is 3. The minimum Gasteiger partial charge on any atom is -0.493 e. The second-order valence-corrected chi connectivity index (χ2v) is 5.82. The van der Waals surface area contributed by atoms with Gasteiger partial charge in [-0.3, -0.25) is 9.59 Å². The first-order chi connectivity index (χ1) is 10.5. The van der Waals surface area contributed by atoms with Crippen LogP contribution in [0.5, 0.6) is 11.5 Å². The molecule has 0 aliphatic carbocycles. The van der Waals surface area contributed by atoms with Gasteiger partial charge in [-0.2, -0.15) is 0 Å². The number of thiophene rings is 1. The van der Waals surface area contributed by atoms with Gasteiger partial charge in [0.25, 0.3) is 5.91 Å². The Morgan fingerprint density at radius 2 is 2.00 bits per heavy atom. The molecule has 0 radical (unpaired) electrons. The molecule has 0 fully saturated rings. The van der Waals surface area contributed by atoms with Crippen molar-refractivity contribution >= 4 is 33.2 Å². The molecule has 1 aromatic carbocycles. The van der Waals surface area contributed by atoms with Crippen molar-refractivity contribution in [1.29, 1.82) is 0 Å². The normalized spacial score (nSPS) is 13.9. The Labute approximate surface area is 130 Å². The summed E-state index contributed by atoms with van der Waals surface area (Å²) in [5.41, 5.74) is 6.00. The number of nitrogens with two attached hydrogens (primary N) is 1. The maximum atomic E-state index is 12.4. The van der Waals surface area contributed by atoms with E-state index in [-0.39, 0.29) is 5.91 Å². The standard InChI is InChI=1S/C15H14N2O4S/c1-20-10-5-8-9-7-17(4-3-13(16)18)15(19)14(9)22-12(8)6-11(10)21-2/h3-6H,7H2,1-2H3,(H2,16,18). The average molecular weight is 318 g/mol. The van der Waals surface area contributed by atoms with Crippen LogP contribution in [0.25, 0.3) is 10.1 Å². The number of rotatable bonds is 4. The van der Waals surface area contributed by atoms with Crippen molar-refractivity contribution < 1.29 is 19.1 Å². The molecule has 114 valence electrons. The number of hydrogen-bond acceptors (Lipinski definition) is 5. The molecular weight excluding hydrogens is 304 g/mol. The quantitative estimate of drug-likeness (QED) is 0.873. The van der Waals surface area contributed by atoms with Gasteiger partial charge in [0, 0.05) is 34.0 Å². The second-order valence-electron chi connectivity index (χ2n) is 4.76. The molecule has 3 rings (SSSR count). The molecule has 2 heterocycles. The van der Waals surface area contributed by atoms with Crippen LogP contribution < -0.4 is 15.2 Å². The molecule has 1 aliphatic heterocycles. The molecule has 0 spiro atoms. The van der Waals surface area contributed by atoms with Crippen LogP contribution >= 0.6 is 11.3 Å². The van der Waals surface area contributed by atoms with Crippen LogP contribution in [0, 0.1) is 0 Å². The fourth-order valence-electron chi connectivity index (χ4n) is 2.46. The van der Waals surface area contributed by atoms with Gasteiger partial charge < -0.3 is 20.1 Å². The van der Waals surface area contributed by atoms with Gasteiger partial charge >= 0.3 is 0 Å². The fourth-order valence-corrected chi connectivity index (χ4v) is 3.64. The molecule has 0 saturated heterocycles. The Morgan fingerprint density at radius 1 is 1.32 bits per heavy atom. The highest BCUT2D eigenvalue weighted by atomic mass is 32.1. The van der Waals surface area contributed by atoms with E-state index >= 15 is 0 Å². The molecule has 0 unspecified atom stereocenters. The third kappa shape index (κ3) is 2.19. The second kappa shape index (κ2) is 5.34. The summed E-state index contributed by atoms with van der Waals surface area (Å²) in [6.45, 7) is 0.410. The first-order valence-corrected chi connectivity index (χ1v) is 7.32. The molecule has 7 heteroatoms. The number of carbonyl (C=O) groups excluding carboxylic acids is 2. The zero-order chi connectivity index (χ0) is 15.9. The van der Waals surface area contributed by atoms with E-state index in [1.54, 1.807) is 14.2 Å². The van der Waals surface area contributed by atoms with Crippen molar-refractivity contribution in [1.82, 2.24) is 4.90 Å². The fraction of sp³-hybridized carbons (Fsp3) is 0.200. The zero-order valence-corrected chi connectivity index (χ0v) is 12.9. The largest absolute Gasteiger partial charge is 0.493 e. The lowest BCUT2D eigenvalue weighted by atomic mass is 10.1. The molecule has 2 aromatic rings. The van der Waals surface area contributed by atoms with Gasteiger partial charge in [-0.05, 0) is 6.07 Å². The number of nitrogens with zero attached hydrogens (tertiary/aromatic N) is 1. The van der Waals surface area contributed by atoms with E-state index in [1.165, 1.54) is 28.5 Å². The number of ether oxygens (including phenoxy) is 2. The number of primary amides is 1. The number of methoxy groups -OCH3 is 2. The maximum Gasteiger partial charge on any atom is 0.268 e. The van der Waals surface area contributed by atoms with Crippen molar-refractivity contribution in [2.45, 2.75) is 6.54 Å². The summed E-state index contributed by atoms with van der Waals surface area (Å²) in [7, 11) is 3.15. The van der Waals surface area contributed by atoms with Crippen LogP contribution in [0.2, 0.25) is 0 Å². The zero-order valence-electron chi connectivity index (χ0n) is 12.1. The van der Waals surface area contributed by atoms with Crippen LogP contribution in [-0.4, -0.2) is 30.9 Å². The van der Waals surface area contributed by atoms with Gasteiger partial charge in [0.1, 0.15) is 0 Å².